The zero-order chi connectivity index (χ0) is 13.6. The first kappa shape index (κ1) is 17.9. The Hall–Kier alpha value is -0.0800. The van der Waals surface area contributed by atoms with Crippen molar-refractivity contribution >= 4 is 0 Å². The quantitative estimate of drug-likeness (QED) is 0.485. The molecule has 0 saturated heterocycles. The predicted molar refractivity (Wildman–Crippen MR) is 82.7 cm³/mol. The molecule has 2 nitrogen and oxygen atoms in total. The van der Waals surface area contributed by atoms with Gasteiger partial charge in [-0.15, -0.1) is 0 Å². The molecular weight excluding hydrogens is 220 g/mol. The second-order valence-electron chi connectivity index (χ2n) is 5.81. The van der Waals surface area contributed by atoms with Gasteiger partial charge in [-0.2, -0.15) is 0 Å². The number of hydrogen-bond donors (Lipinski definition) is 2. The zero-order valence-corrected chi connectivity index (χ0v) is 12.8. The van der Waals surface area contributed by atoms with Crippen LogP contribution in [0, 0.1) is 5.92 Å². The molecule has 2 unspecified atom stereocenters. The lowest BCUT2D eigenvalue weighted by Crippen LogP contribution is -2.27. The molecule has 18 heavy (non-hydrogen) atoms. The molecule has 0 amide bonds. The van der Waals surface area contributed by atoms with Crippen LogP contribution in [0.5, 0.6) is 0 Å². The van der Waals surface area contributed by atoms with Gasteiger partial charge in [0, 0.05) is 6.04 Å². The van der Waals surface area contributed by atoms with Gasteiger partial charge in [-0.1, -0.05) is 58.3 Å². The fraction of sp³-hybridized carbons (Fsp3) is 1.00. The van der Waals surface area contributed by atoms with Crippen LogP contribution < -0.4 is 11.5 Å². The van der Waals surface area contributed by atoms with Crippen LogP contribution in [0.3, 0.4) is 0 Å². The summed E-state index contributed by atoms with van der Waals surface area (Å²) >= 11 is 0. The molecule has 2 heteroatoms. The van der Waals surface area contributed by atoms with Gasteiger partial charge in [0.05, 0.1) is 0 Å². The third-order valence-corrected chi connectivity index (χ3v) is 3.95. The summed E-state index contributed by atoms with van der Waals surface area (Å²) in [5.41, 5.74) is 11.6. The summed E-state index contributed by atoms with van der Waals surface area (Å²) in [7, 11) is 0. The van der Waals surface area contributed by atoms with Gasteiger partial charge in [-0.3, -0.25) is 0 Å². The first-order valence-electron chi connectivity index (χ1n) is 8.18. The molecule has 4 N–H and O–H groups in total. The summed E-state index contributed by atoms with van der Waals surface area (Å²) in [4.78, 5) is 0. The Morgan fingerprint density at radius 2 is 1.28 bits per heavy atom. The summed E-state index contributed by atoms with van der Waals surface area (Å²) in [6.45, 7) is 5.22. The van der Waals surface area contributed by atoms with Crippen LogP contribution in [0.15, 0.2) is 0 Å². The number of rotatable bonds is 13. The molecule has 0 aliphatic rings. The Labute approximate surface area is 115 Å². The number of unbranched alkanes of at least 4 members (excludes halogenated alkanes) is 7. The predicted octanol–water partition coefficient (Wildman–Crippen LogP) is 4.22. The standard InChI is InChI=1S/C16H36N2/c1-3-4-5-6-7-8-9-10-12-16(15(2)18)13-11-14-17/h15-16H,3-14,17-18H2,1-2H3. The van der Waals surface area contributed by atoms with Gasteiger partial charge >= 0.3 is 0 Å². The van der Waals surface area contributed by atoms with Crippen molar-refractivity contribution in [3.05, 3.63) is 0 Å². The van der Waals surface area contributed by atoms with E-state index in [1.807, 2.05) is 0 Å². The van der Waals surface area contributed by atoms with E-state index in [9.17, 15) is 0 Å². The maximum Gasteiger partial charge on any atom is 0.00387 e. The minimum Gasteiger partial charge on any atom is -0.330 e. The van der Waals surface area contributed by atoms with E-state index in [4.69, 9.17) is 11.5 Å². The third-order valence-electron chi connectivity index (χ3n) is 3.95. The molecule has 0 aliphatic heterocycles. The average Bonchev–Trinajstić information content (AvgIpc) is 2.35. The van der Waals surface area contributed by atoms with Gasteiger partial charge in [0.2, 0.25) is 0 Å². The minimum absolute atomic E-state index is 0.334. The lowest BCUT2D eigenvalue weighted by molar-refractivity contribution is 0.362. The van der Waals surface area contributed by atoms with Gasteiger partial charge in [-0.05, 0) is 38.6 Å². The molecule has 110 valence electrons. The Kier molecular flexibility index (Phi) is 13.3. The lowest BCUT2D eigenvalue weighted by atomic mass is 9.90. The fourth-order valence-corrected chi connectivity index (χ4v) is 2.59. The largest absolute Gasteiger partial charge is 0.330 e. The second-order valence-corrected chi connectivity index (χ2v) is 5.81. The molecule has 0 heterocycles. The van der Waals surface area contributed by atoms with Gasteiger partial charge < -0.3 is 11.5 Å². The maximum absolute atomic E-state index is 6.03. The highest BCUT2D eigenvalue weighted by Gasteiger charge is 2.12. The van der Waals surface area contributed by atoms with Crippen LogP contribution in [-0.4, -0.2) is 12.6 Å². The molecule has 2 atom stereocenters. The minimum atomic E-state index is 0.334. The van der Waals surface area contributed by atoms with E-state index >= 15 is 0 Å². The van der Waals surface area contributed by atoms with Crippen LogP contribution in [0.4, 0.5) is 0 Å². The summed E-state index contributed by atoms with van der Waals surface area (Å²) in [5.74, 6) is 0.689. The van der Waals surface area contributed by atoms with Crippen LogP contribution >= 0.6 is 0 Å². The van der Waals surface area contributed by atoms with Gasteiger partial charge in [0.25, 0.3) is 0 Å². The van der Waals surface area contributed by atoms with Crippen molar-refractivity contribution in [2.45, 2.75) is 90.5 Å². The molecule has 0 rings (SSSR count). The van der Waals surface area contributed by atoms with Gasteiger partial charge in [0.15, 0.2) is 0 Å². The molecule has 0 bridgehead atoms. The Bertz CT molecular complexity index is 157. The lowest BCUT2D eigenvalue weighted by Gasteiger charge is -2.20. The monoisotopic (exact) mass is 256 g/mol. The number of nitrogens with two attached hydrogens (primary N) is 2. The average molecular weight is 256 g/mol. The Morgan fingerprint density at radius 3 is 1.78 bits per heavy atom. The zero-order valence-electron chi connectivity index (χ0n) is 12.8. The van der Waals surface area contributed by atoms with Crippen LogP contribution in [-0.2, 0) is 0 Å². The molecule has 0 fully saturated rings. The van der Waals surface area contributed by atoms with E-state index < -0.39 is 0 Å². The van der Waals surface area contributed by atoms with Crippen LogP contribution in [0.2, 0.25) is 0 Å². The van der Waals surface area contributed by atoms with E-state index in [-0.39, 0.29) is 0 Å². The first-order chi connectivity index (χ1) is 8.72. The van der Waals surface area contributed by atoms with Crippen molar-refractivity contribution in [1.82, 2.24) is 0 Å². The SMILES string of the molecule is CCCCCCCCCCC(CCCN)C(C)N. The van der Waals surface area contributed by atoms with Crippen molar-refractivity contribution in [3.63, 3.8) is 0 Å². The summed E-state index contributed by atoms with van der Waals surface area (Å²) in [6, 6.07) is 0.334. The smallest absolute Gasteiger partial charge is 0.00387 e. The van der Waals surface area contributed by atoms with E-state index in [1.165, 1.54) is 64.2 Å². The van der Waals surface area contributed by atoms with Crippen molar-refractivity contribution in [2.75, 3.05) is 6.54 Å². The summed E-state index contributed by atoms with van der Waals surface area (Å²) < 4.78 is 0. The molecule has 0 aromatic rings. The van der Waals surface area contributed by atoms with E-state index in [0.717, 1.165) is 13.0 Å². The van der Waals surface area contributed by atoms with Crippen molar-refractivity contribution in [3.8, 4) is 0 Å². The van der Waals surface area contributed by atoms with Crippen LogP contribution in [0.1, 0.15) is 84.5 Å². The van der Waals surface area contributed by atoms with E-state index in [1.54, 1.807) is 0 Å². The maximum atomic E-state index is 6.03. The van der Waals surface area contributed by atoms with Crippen LogP contribution in [0.25, 0.3) is 0 Å². The van der Waals surface area contributed by atoms with Gasteiger partial charge in [0.1, 0.15) is 0 Å². The highest BCUT2D eigenvalue weighted by molar-refractivity contribution is 4.69. The van der Waals surface area contributed by atoms with E-state index in [2.05, 4.69) is 13.8 Å². The summed E-state index contributed by atoms with van der Waals surface area (Å²) in [5, 5.41) is 0. The molecular formula is C16H36N2. The highest BCUT2D eigenvalue weighted by Crippen LogP contribution is 2.19. The first-order valence-corrected chi connectivity index (χ1v) is 8.18. The second kappa shape index (κ2) is 13.4. The van der Waals surface area contributed by atoms with Crippen molar-refractivity contribution in [1.29, 1.82) is 0 Å². The highest BCUT2D eigenvalue weighted by atomic mass is 14.6. The topological polar surface area (TPSA) is 52.0 Å². The third kappa shape index (κ3) is 11.0. The molecule has 0 aromatic heterocycles. The normalized spacial score (nSPS) is 14.7. The molecule has 0 spiro atoms. The Morgan fingerprint density at radius 1 is 0.778 bits per heavy atom. The number of hydrogen-bond acceptors (Lipinski definition) is 2. The molecule has 0 saturated carbocycles. The summed E-state index contributed by atoms with van der Waals surface area (Å²) in [6.07, 6.45) is 14.8. The van der Waals surface area contributed by atoms with E-state index in [0.29, 0.717) is 12.0 Å². The van der Waals surface area contributed by atoms with Gasteiger partial charge in [-0.25, -0.2) is 0 Å². The fourth-order valence-electron chi connectivity index (χ4n) is 2.59. The molecule has 0 aromatic carbocycles. The molecule has 0 aliphatic carbocycles. The Balaban J connectivity index is 3.37. The van der Waals surface area contributed by atoms with Crippen molar-refractivity contribution in [2.24, 2.45) is 17.4 Å². The molecule has 0 radical (unpaired) electrons. The van der Waals surface area contributed by atoms with Crippen molar-refractivity contribution < 1.29 is 0 Å².